The van der Waals surface area contributed by atoms with E-state index >= 15 is 0 Å². The second kappa shape index (κ2) is 8.02. The molecule has 1 heterocycles. The Morgan fingerprint density at radius 2 is 1.46 bits per heavy atom. The van der Waals surface area contributed by atoms with E-state index < -0.39 is 11.6 Å². The molecule has 1 saturated heterocycles. The Labute approximate surface area is 155 Å². The number of hydrogen-bond donors (Lipinski definition) is 1. The van der Waals surface area contributed by atoms with Crippen LogP contribution in [0.15, 0.2) is 60.7 Å². The lowest BCUT2D eigenvalue weighted by Crippen LogP contribution is -2.50. The molecule has 26 heavy (non-hydrogen) atoms. The summed E-state index contributed by atoms with van der Waals surface area (Å²) in [6.07, 6.45) is 3.74. The molecule has 4 heteroatoms. The fraction of sp³-hybridized carbons (Fsp3) is 0.409. The van der Waals surface area contributed by atoms with Gasteiger partial charge in [-0.3, -0.25) is 0 Å². The number of esters is 1. The minimum Gasteiger partial charge on any atom is -0.457 e. The van der Waals surface area contributed by atoms with Crippen molar-refractivity contribution < 1.29 is 19.1 Å². The van der Waals surface area contributed by atoms with E-state index in [0.717, 1.165) is 24.1 Å². The minimum atomic E-state index is -1.79. The third-order valence-electron chi connectivity index (χ3n) is 5.44. The molecule has 0 aliphatic carbocycles. The monoisotopic (exact) mass is 354 g/mol. The number of piperidine rings is 1. The van der Waals surface area contributed by atoms with E-state index in [4.69, 9.17) is 4.74 Å². The third-order valence-corrected chi connectivity index (χ3v) is 5.44. The number of likely N-dealkylation sites (N-methyl/N-ethyl adjacent to an activating group) is 1. The summed E-state index contributed by atoms with van der Waals surface area (Å²) in [5.41, 5.74) is -0.743. The van der Waals surface area contributed by atoms with Crippen molar-refractivity contribution in [3.63, 3.8) is 0 Å². The van der Waals surface area contributed by atoms with Crippen LogP contribution in [-0.4, -0.2) is 48.8 Å². The highest BCUT2D eigenvalue weighted by Gasteiger charge is 2.41. The van der Waals surface area contributed by atoms with Crippen LogP contribution in [0.2, 0.25) is 0 Å². The quantitative estimate of drug-likeness (QED) is 0.640. The molecule has 4 nitrogen and oxygen atoms in total. The van der Waals surface area contributed by atoms with Crippen molar-refractivity contribution in [2.75, 3.05) is 33.3 Å². The molecular weight excluding hydrogens is 326 g/mol. The topological polar surface area (TPSA) is 46.5 Å². The van der Waals surface area contributed by atoms with E-state index in [0.29, 0.717) is 17.7 Å². The molecule has 0 spiro atoms. The molecule has 2 aromatic rings. The molecule has 0 unspecified atom stereocenters. The predicted octanol–water partition coefficient (Wildman–Crippen LogP) is 3.10. The van der Waals surface area contributed by atoms with Crippen LogP contribution in [0.5, 0.6) is 0 Å². The summed E-state index contributed by atoms with van der Waals surface area (Å²) in [5, 5.41) is 11.3. The molecule has 0 aromatic heterocycles. The lowest BCUT2D eigenvalue weighted by Gasteiger charge is -2.37. The van der Waals surface area contributed by atoms with E-state index in [1.807, 2.05) is 36.4 Å². The summed E-state index contributed by atoms with van der Waals surface area (Å²) in [6.45, 7) is 3.35. The SMILES string of the molecule is C[N+]1(CCOC(=O)C(O)(c2ccccc2)c2ccccc2)CCCCC1. The lowest BCUT2D eigenvalue weighted by atomic mass is 9.86. The standard InChI is InChI=1S/C22H28NO3/c1-23(15-9-4-10-16-23)17-18-26-21(24)22(25,19-11-5-2-6-12-19)20-13-7-3-8-14-20/h2-3,5-8,11-14,25H,4,9-10,15-18H2,1H3/q+1. The summed E-state index contributed by atoms with van der Waals surface area (Å²) < 4.78 is 6.51. The molecule has 0 atom stereocenters. The van der Waals surface area contributed by atoms with Crippen LogP contribution in [0.3, 0.4) is 0 Å². The van der Waals surface area contributed by atoms with Gasteiger partial charge >= 0.3 is 5.97 Å². The molecule has 1 fully saturated rings. The number of benzene rings is 2. The number of ether oxygens (including phenoxy) is 1. The average Bonchev–Trinajstić information content (AvgIpc) is 2.69. The zero-order chi connectivity index (χ0) is 18.5. The van der Waals surface area contributed by atoms with Crippen molar-refractivity contribution >= 4 is 5.97 Å². The number of carbonyl (C=O) groups excluding carboxylic acids is 1. The number of likely N-dealkylation sites (tertiary alicyclic amines) is 1. The molecule has 1 aliphatic rings. The number of hydrogen-bond acceptors (Lipinski definition) is 3. The number of quaternary nitrogens is 1. The van der Waals surface area contributed by atoms with Gasteiger partial charge in [-0.15, -0.1) is 0 Å². The van der Waals surface area contributed by atoms with Crippen molar-refractivity contribution in [2.24, 2.45) is 0 Å². The van der Waals surface area contributed by atoms with Crippen LogP contribution in [0.4, 0.5) is 0 Å². The van der Waals surface area contributed by atoms with E-state index in [1.54, 1.807) is 24.3 Å². The van der Waals surface area contributed by atoms with Crippen molar-refractivity contribution in [3.05, 3.63) is 71.8 Å². The largest absolute Gasteiger partial charge is 0.457 e. The van der Waals surface area contributed by atoms with Gasteiger partial charge in [-0.25, -0.2) is 4.79 Å². The van der Waals surface area contributed by atoms with Gasteiger partial charge in [0.25, 0.3) is 0 Å². The number of rotatable bonds is 6. The Hall–Kier alpha value is -2.17. The Morgan fingerprint density at radius 3 is 1.96 bits per heavy atom. The number of carbonyl (C=O) groups is 1. The first-order valence-electron chi connectivity index (χ1n) is 9.39. The summed E-state index contributed by atoms with van der Waals surface area (Å²) >= 11 is 0. The maximum absolute atomic E-state index is 12.9. The molecule has 2 aromatic carbocycles. The highest BCUT2D eigenvalue weighted by Crippen LogP contribution is 2.31. The van der Waals surface area contributed by atoms with Crippen LogP contribution in [0.25, 0.3) is 0 Å². The molecule has 0 radical (unpaired) electrons. The van der Waals surface area contributed by atoms with E-state index in [9.17, 15) is 9.90 Å². The maximum atomic E-state index is 12.9. The first kappa shape index (κ1) is 18.6. The van der Waals surface area contributed by atoms with Gasteiger partial charge in [-0.05, 0) is 30.4 Å². The average molecular weight is 354 g/mol. The fourth-order valence-electron chi connectivity index (χ4n) is 3.72. The van der Waals surface area contributed by atoms with Gasteiger partial charge in [0.15, 0.2) is 0 Å². The van der Waals surface area contributed by atoms with Crippen LogP contribution in [0, 0.1) is 0 Å². The normalized spacial score (nSPS) is 16.8. The van der Waals surface area contributed by atoms with Crippen molar-refractivity contribution in [1.82, 2.24) is 0 Å². The summed E-state index contributed by atoms with van der Waals surface area (Å²) in [7, 11) is 2.22. The molecule has 138 valence electrons. The van der Waals surface area contributed by atoms with Gasteiger partial charge in [0.2, 0.25) is 5.60 Å². The second-order valence-corrected chi connectivity index (χ2v) is 7.43. The van der Waals surface area contributed by atoms with Gasteiger partial charge in [0.05, 0.1) is 20.1 Å². The first-order chi connectivity index (χ1) is 12.5. The highest BCUT2D eigenvalue weighted by molar-refractivity contribution is 5.85. The highest BCUT2D eigenvalue weighted by atomic mass is 16.5. The predicted molar refractivity (Wildman–Crippen MR) is 101 cm³/mol. The number of aliphatic hydroxyl groups is 1. The first-order valence-corrected chi connectivity index (χ1v) is 9.39. The summed E-state index contributed by atoms with van der Waals surface area (Å²) in [4.78, 5) is 12.9. The smallest absolute Gasteiger partial charge is 0.347 e. The van der Waals surface area contributed by atoms with Crippen LogP contribution in [0.1, 0.15) is 30.4 Å². The van der Waals surface area contributed by atoms with Gasteiger partial charge in [-0.2, -0.15) is 0 Å². The lowest BCUT2D eigenvalue weighted by molar-refractivity contribution is -0.914. The molecule has 3 rings (SSSR count). The van der Waals surface area contributed by atoms with Crippen molar-refractivity contribution in [2.45, 2.75) is 24.9 Å². The molecular formula is C22H28NO3+. The van der Waals surface area contributed by atoms with Gasteiger partial charge in [0.1, 0.15) is 13.2 Å². The Bertz CT molecular complexity index is 669. The summed E-state index contributed by atoms with van der Waals surface area (Å²) in [6, 6.07) is 18.0. The van der Waals surface area contributed by atoms with Gasteiger partial charge < -0.3 is 14.3 Å². The summed E-state index contributed by atoms with van der Waals surface area (Å²) in [5.74, 6) is -0.612. The Morgan fingerprint density at radius 1 is 0.962 bits per heavy atom. The van der Waals surface area contributed by atoms with Gasteiger partial charge in [-0.1, -0.05) is 60.7 Å². The minimum absolute atomic E-state index is 0.317. The second-order valence-electron chi connectivity index (χ2n) is 7.43. The fourth-order valence-corrected chi connectivity index (χ4v) is 3.72. The van der Waals surface area contributed by atoms with Crippen LogP contribution >= 0.6 is 0 Å². The molecule has 1 aliphatic heterocycles. The van der Waals surface area contributed by atoms with E-state index in [2.05, 4.69) is 7.05 Å². The van der Waals surface area contributed by atoms with E-state index in [1.165, 1.54) is 19.3 Å². The maximum Gasteiger partial charge on any atom is 0.347 e. The zero-order valence-electron chi connectivity index (χ0n) is 15.4. The molecule has 1 N–H and O–H groups in total. The van der Waals surface area contributed by atoms with Crippen molar-refractivity contribution in [3.8, 4) is 0 Å². The Balaban J connectivity index is 1.76. The molecule has 0 bridgehead atoms. The van der Waals surface area contributed by atoms with Gasteiger partial charge in [0, 0.05) is 0 Å². The van der Waals surface area contributed by atoms with E-state index in [-0.39, 0.29) is 0 Å². The Kier molecular flexibility index (Phi) is 5.74. The third kappa shape index (κ3) is 3.97. The number of nitrogens with zero attached hydrogens (tertiary/aromatic N) is 1. The van der Waals surface area contributed by atoms with Crippen molar-refractivity contribution in [1.29, 1.82) is 0 Å². The van der Waals surface area contributed by atoms with Crippen LogP contribution in [-0.2, 0) is 15.1 Å². The van der Waals surface area contributed by atoms with Crippen LogP contribution < -0.4 is 0 Å². The molecule has 0 saturated carbocycles. The molecule has 0 amide bonds. The zero-order valence-corrected chi connectivity index (χ0v) is 15.4.